The van der Waals surface area contributed by atoms with Gasteiger partial charge in [-0.1, -0.05) is 6.07 Å². The second kappa shape index (κ2) is 9.62. The van der Waals surface area contributed by atoms with Gasteiger partial charge >= 0.3 is 6.18 Å². The topological polar surface area (TPSA) is 95.6 Å². The SMILES string of the molecule is N#Cc1cc(NC(=O)Cc2cccc(C(F)(F)F)n2)cc(F)c1-c1cnn(C2CCNCC2(F)F)c1. The molecule has 36 heavy (non-hydrogen) atoms. The van der Waals surface area contributed by atoms with Crippen molar-refractivity contribution in [1.29, 1.82) is 5.26 Å². The van der Waals surface area contributed by atoms with Crippen LogP contribution in [-0.2, 0) is 17.4 Å². The van der Waals surface area contributed by atoms with E-state index in [9.17, 15) is 32.0 Å². The van der Waals surface area contributed by atoms with E-state index < -0.39 is 48.5 Å². The minimum atomic E-state index is -4.68. The van der Waals surface area contributed by atoms with Crippen molar-refractivity contribution in [1.82, 2.24) is 20.1 Å². The number of nitrogens with one attached hydrogen (secondary N) is 2. The molecule has 1 atom stereocenters. The fraction of sp³-hybridized carbons (Fsp3) is 0.304. The number of aromatic nitrogens is 3. The molecule has 13 heteroatoms. The van der Waals surface area contributed by atoms with E-state index in [4.69, 9.17) is 0 Å². The van der Waals surface area contributed by atoms with E-state index in [1.54, 1.807) is 6.07 Å². The van der Waals surface area contributed by atoms with E-state index in [2.05, 4.69) is 20.7 Å². The van der Waals surface area contributed by atoms with Crippen LogP contribution in [0.3, 0.4) is 0 Å². The Labute approximate surface area is 200 Å². The van der Waals surface area contributed by atoms with Crippen molar-refractivity contribution >= 4 is 11.6 Å². The van der Waals surface area contributed by atoms with E-state index in [-0.39, 0.29) is 34.5 Å². The van der Waals surface area contributed by atoms with Crippen molar-refractivity contribution in [2.24, 2.45) is 0 Å². The van der Waals surface area contributed by atoms with Crippen LogP contribution in [0, 0.1) is 17.1 Å². The Kier molecular flexibility index (Phi) is 6.73. The maximum Gasteiger partial charge on any atom is 0.433 e. The molecular weight excluding hydrogens is 490 g/mol. The average Bonchev–Trinajstić information content (AvgIpc) is 3.27. The Morgan fingerprint density at radius 3 is 2.78 bits per heavy atom. The number of piperidine rings is 1. The summed E-state index contributed by atoms with van der Waals surface area (Å²) < 4.78 is 83.0. The monoisotopic (exact) mass is 508 g/mol. The van der Waals surface area contributed by atoms with Crippen LogP contribution in [0.2, 0.25) is 0 Å². The van der Waals surface area contributed by atoms with Crippen LogP contribution >= 0.6 is 0 Å². The van der Waals surface area contributed by atoms with Gasteiger partial charge in [0.15, 0.2) is 0 Å². The summed E-state index contributed by atoms with van der Waals surface area (Å²) >= 11 is 0. The molecule has 1 fully saturated rings. The normalized spacial score (nSPS) is 17.4. The molecule has 1 saturated heterocycles. The number of halogens is 6. The number of rotatable bonds is 5. The highest BCUT2D eigenvalue weighted by Crippen LogP contribution is 2.36. The zero-order valence-corrected chi connectivity index (χ0v) is 18.4. The molecule has 4 rings (SSSR count). The molecule has 0 bridgehead atoms. The Morgan fingerprint density at radius 2 is 2.08 bits per heavy atom. The van der Waals surface area contributed by atoms with Crippen LogP contribution in [-0.4, -0.2) is 39.7 Å². The van der Waals surface area contributed by atoms with Crippen molar-refractivity contribution in [2.75, 3.05) is 18.4 Å². The molecule has 1 aliphatic rings. The summed E-state index contributed by atoms with van der Waals surface area (Å²) in [5.74, 6) is -4.77. The number of amides is 1. The summed E-state index contributed by atoms with van der Waals surface area (Å²) in [6.07, 6.45) is -2.68. The zero-order valence-electron chi connectivity index (χ0n) is 18.4. The average molecular weight is 508 g/mol. The quantitative estimate of drug-likeness (QED) is 0.501. The van der Waals surface area contributed by atoms with Gasteiger partial charge in [0, 0.05) is 23.0 Å². The third-order valence-corrected chi connectivity index (χ3v) is 5.59. The predicted molar refractivity (Wildman–Crippen MR) is 115 cm³/mol. The zero-order chi connectivity index (χ0) is 26.1. The summed E-state index contributed by atoms with van der Waals surface area (Å²) in [4.78, 5) is 15.7. The van der Waals surface area contributed by atoms with Gasteiger partial charge in [-0.05, 0) is 37.2 Å². The predicted octanol–water partition coefficient (Wildman–Crippen LogP) is 4.33. The van der Waals surface area contributed by atoms with Crippen molar-refractivity contribution < 1.29 is 31.1 Å². The van der Waals surface area contributed by atoms with Gasteiger partial charge in [0.2, 0.25) is 5.91 Å². The fourth-order valence-corrected chi connectivity index (χ4v) is 3.95. The largest absolute Gasteiger partial charge is 0.433 e. The van der Waals surface area contributed by atoms with Crippen LogP contribution in [0.5, 0.6) is 0 Å². The first-order valence-corrected chi connectivity index (χ1v) is 10.7. The number of hydrogen-bond donors (Lipinski definition) is 2. The van der Waals surface area contributed by atoms with Gasteiger partial charge in [-0.2, -0.15) is 23.5 Å². The number of benzene rings is 1. The Morgan fingerprint density at radius 1 is 1.31 bits per heavy atom. The standard InChI is InChI=1S/C23H18F6N6O/c24-17-7-16(34-20(36)8-15-2-1-3-18(33-15)23(27,28)29)6-13(9-30)21(17)14-10-32-35(11-14)19-4-5-31-12-22(19,25)26/h1-3,6-7,10-11,19,31H,4-5,8,12H2,(H,34,36). The van der Waals surface area contributed by atoms with Gasteiger partial charge in [0.05, 0.1) is 36.5 Å². The Hall–Kier alpha value is -3.92. The molecule has 0 saturated carbocycles. The number of hydrogen-bond acceptors (Lipinski definition) is 5. The first-order chi connectivity index (χ1) is 17.0. The van der Waals surface area contributed by atoms with Crippen LogP contribution in [0.25, 0.3) is 11.1 Å². The molecule has 3 heterocycles. The summed E-state index contributed by atoms with van der Waals surface area (Å²) in [5.41, 5.74) is -1.69. The lowest BCUT2D eigenvalue weighted by Gasteiger charge is -2.31. The highest BCUT2D eigenvalue weighted by Gasteiger charge is 2.43. The van der Waals surface area contributed by atoms with Gasteiger partial charge in [0.1, 0.15) is 17.6 Å². The molecule has 2 aromatic heterocycles. The van der Waals surface area contributed by atoms with E-state index in [1.165, 1.54) is 24.5 Å². The maximum absolute atomic E-state index is 15.0. The lowest BCUT2D eigenvalue weighted by atomic mass is 10.0. The van der Waals surface area contributed by atoms with Crippen LogP contribution < -0.4 is 10.6 Å². The highest BCUT2D eigenvalue weighted by atomic mass is 19.4. The maximum atomic E-state index is 15.0. The second-order valence-electron chi connectivity index (χ2n) is 8.18. The number of carbonyl (C=O) groups is 1. The van der Waals surface area contributed by atoms with Crippen LogP contribution in [0.15, 0.2) is 42.7 Å². The smallest absolute Gasteiger partial charge is 0.326 e. The first kappa shape index (κ1) is 25.2. The van der Waals surface area contributed by atoms with E-state index in [0.29, 0.717) is 6.54 Å². The molecule has 188 valence electrons. The molecule has 1 aliphatic heterocycles. The van der Waals surface area contributed by atoms with Gasteiger partial charge in [-0.25, -0.2) is 18.2 Å². The minimum Gasteiger partial charge on any atom is -0.326 e. The molecule has 7 nitrogen and oxygen atoms in total. The molecule has 0 spiro atoms. The molecule has 0 aliphatic carbocycles. The number of pyridine rings is 1. The Bertz CT molecular complexity index is 1330. The number of alkyl halides is 5. The summed E-state index contributed by atoms with van der Waals surface area (Å²) in [6.45, 7) is -0.160. The third kappa shape index (κ3) is 5.33. The van der Waals surface area contributed by atoms with Crippen molar-refractivity contribution in [2.45, 2.75) is 31.0 Å². The molecular formula is C23H18F6N6O. The summed E-state index contributed by atoms with van der Waals surface area (Å²) in [7, 11) is 0. The molecule has 1 aromatic carbocycles. The molecule has 1 unspecified atom stereocenters. The minimum absolute atomic E-state index is 0.101. The lowest BCUT2D eigenvalue weighted by Crippen LogP contribution is -2.47. The Balaban J connectivity index is 1.54. The molecule has 0 radical (unpaired) electrons. The number of carbonyl (C=O) groups excluding carboxylic acids is 1. The number of nitriles is 1. The van der Waals surface area contributed by atoms with Gasteiger partial charge < -0.3 is 10.6 Å². The highest BCUT2D eigenvalue weighted by molar-refractivity contribution is 5.92. The van der Waals surface area contributed by atoms with E-state index in [0.717, 1.165) is 22.9 Å². The molecule has 1 amide bonds. The van der Waals surface area contributed by atoms with Gasteiger partial charge in [0.25, 0.3) is 5.92 Å². The van der Waals surface area contributed by atoms with E-state index in [1.807, 2.05) is 0 Å². The fourth-order valence-electron chi connectivity index (χ4n) is 3.95. The summed E-state index contributed by atoms with van der Waals surface area (Å²) in [6, 6.07) is 5.78. The van der Waals surface area contributed by atoms with E-state index >= 15 is 4.39 Å². The second-order valence-corrected chi connectivity index (χ2v) is 8.18. The third-order valence-electron chi connectivity index (χ3n) is 5.59. The van der Waals surface area contributed by atoms with Gasteiger partial charge in [-0.3, -0.25) is 9.48 Å². The van der Waals surface area contributed by atoms with Crippen LogP contribution in [0.4, 0.5) is 32.0 Å². The lowest BCUT2D eigenvalue weighted by molar-refractivity contribution is -0.141. The summed E-state index contributed by atoms with van der Waals surface area (Å²) in [5, 5.41) is 18.4. The van der Waals surface area contributed by atoms with Crippen molar-refractivity contribution in [3.63, 3.8) is 0 Å². The number of anilines is 1. The number of nitrogens with zero attached hydrogens (tertiary/aromatic N) is 4. The molecule has 2 N–H and O–H groups in total. The van der Waals surface area contributed by atoms with Crippen molar-refractivity contribution in [3.05, 3.63) is 65.5 Å². The van der Waals surface area contributed by atoms with Crippen LogP contribution in [0.1, 0.15) is 29.4 Å². The molecule has 3 aromatic rings. The first-order valence-electron chi connectivity index (χ1n) is 10.7. The van der Waals surface area contributed by atoms with Crippen molar-refractivity contribution in [3.8, 4) is 17.2 Å². The van der Waals surface area contributed by atoms with Gasteiger partial charge in [-0.15, -0.1) is 0 Å².